The number of hydrogen-bond donors (Lipinski definition) is 2. The molecule has 0 saturated heterocycles. The quantitative estimate of drug-likeness (QED) is 0.708. The first-order valence-corrected chi connectivity index (χ1v) is 7.88. The summed E-state index contributed by atoms with van der Waals surface area (Å²) in [7, 11) is 0. The van der Waals surface area contributed by atoms with E-state index in [0.29, 0.717) is 34.6 Å². The molecule has 0 atom stereocenters. The third-order valence-corrected chi connectivity index (χ3v) is 3.58. The summed E-state index contributed by atoms with van der Waals surface area (Å²) >= 11 is 12.0. The van der Waals surface area contributed by atoms with E-state index in [1.807, 2.05) is 0 Å². The maximum atomic E-state index is 11.9. The zero-order valence-electron chi connectivity index (χ0n) is 12.4. The Morgan fingerprint density at radius 3 is 2.74 bits per heavy atom. The lowest BCUT2D eigenvalue weighted by atomic mass is 10.3. The van der Waals surface area contributed by atoms with E-state index < -0.39 is 0 Å². The summed E-state index contributed by atoms with van der Waals surface area (Å²) in [4.78, 5) is 11.9. The highest BCUT2D eigenvalue weighted by Gasteiger charge is 2.13. The molecule has 0 bridgehead atoms. The fourth-order valence-corrected chi connectivity index (χ4v) is 2.32. The number of hydrogen-bond acceptors (Lipinski definition) is 5. The van der Waals surface area contributed by atoms with Crippen LogP contribution in [0.4, 0.5) is 0 Å². The van der Waals surface area contributed by atoms with Crippen molar-refractivity contribution in [1.82, 2.24) is 10.5 Å². The van der Waals surface area contributed by atoms with Gasteiger partial charge in [-0.3, -0.25) is 4.79 Å². The number of rotatable bonds is 8. The molecule has 1 aromatic heterocycles. The van der Waals surface area contributed by atoms with E-state index in [0.717, 1.165) is 12.8 Å². The van der Waals surface area contributed by atoms with Gasteiger partial charge in [0.1, 0.15) is 6.61 Å². The van der Waals surface area contributed by atoms with Gasteiger partial charge in [-0.25, -0.2) is 0 Å². The van der Waals surface area contributed by atoms with Crippen molar-refractivity contribution in [3.8, 4) is 5.75 Å². The minimum Gasteiger partial charge on any atom is -0.482 e. The topological polar surface area (TPSA) is 90.4 Å². The van der Waals surface area contributed by atoms with Crippen LogP contribution in [0.5, 0.6) is 5.75 Å². The third-order valence-electron chi connectivity index (χ3n) is 2.99. The van der Waals surface area contributed by atoms with Crippen LogP contribution >= 0.6 is 23.2 Å². The van der Waals surface area contributed by atoms with Crippen molar-refractivity contribution < 1.29 is 14.1 Å². The maximum Gasteiger partial charge on any atom is 0.273 e. The predicted molar refractivity (Wildman–Crippen MR) is 87.9 cm³/mol. The zero-order chi connectivity index (χ0) is 16.7. The summed E-state index contributed by atoms with van der Waals surface area (Å²) in [6.07, 6.45) is 1.68. The Labute approximate surface area is 143 Å². The minimum atomic E-state index is -0.298. The van der Waals surface area contributed by atoms with Crippen LogP contribution < -0.4 is 15.8 Å². The Morgan fingerprint density at radius 2 is 2.04 bits per heavy atom. The molecule has 1 aromatic carbocycles. The van der Waals surface area contributed by atoms with Crippen LogP contribution in [0.3, 0.4) is 0 Å². The number of ether oxygens (including phenoxy) is 1. The summed E-state index contributed by atoms with van der Waals surface area (Å²) in [5.74, 6) is 0.459. The van der Waals surface area contributed by atoms with E-state index in [2.05, 4.69) is 10.5 Å². The molecule has 2 aromatic rings. The van der Waals surface area contributed by atoms with E-state index in [9.17, 15) is 4.79 Å². The molecule has 0 aliphatic rings. The molecule has 1 heterocycles. The van der Waals surface area contributed by atoms with Gasteiger partial charge in [-0.2, -0.15) is 0 Å². The Bertz CT molecular complexity index is 641. The van der Waals surface area contributed by atoms with Crippen LogP contribution in [0.2, 0.25) is 10.0 Å². The second kappa shape index (κ2) is 8.76. The second-order valence-corrected chi connectivity index (χ2v) is 5.58. The maximum absolute atomic E-state index is 11.9. The molecule has 0 aliphatic heterocycles. The smallest absolute Gasteiger partial charge is 0.273 e. The van der Waals surface area contributed by atoms with E-state index in [4.69, 9.17) is 38.2 Å². The number of unbranched alkanes of at least 4 members (excludes halogenated alkanes) is 1. The van der Waals surface area contributed by atoms with Crippen molar-refractivity contribution in [3.63, 3.8) is 0 Å². The number of carbonyl (C=O) groups excluding carboxylic acids is 1. The third kappa shape index (κ3) is 5.13. The van der Waals surface area contributed by atoms with Gasteiger partial charge in [-0.1, -0.05) is 34.4 Å². The van der Waals surface area contributed by atoms with Crippen LogP contribution in [0.1, 0.15) is 29.1 Å². The molecule has 124 valence electrons. The summed E-state index contributed by atoms with van der Waals surface area (Å²) in [6, 6.07) is 6.58. The number of carbonyl (C=O) groups is 1. The van der Waals surface area contributed by atoms with Gasteiger partial charge in [0.15, 0.2) is 17.2 Å². The number of amides is 1. The molecule has 8 heteroatoms. The summed E-state index contributed by atoms with van der Waals surface area (Å²) in [5, 5.41) is 7.25. The number of halogens is 2. The Kier molecular flexibility index (Phi) is 6.70. The van der Waals surface area contributed by atoms with Gasteiger partial charge < -0.3 is 20.3 Å². The molecular formula is C15H17Cl2N3O3. The average Bonchev–Trinajstić information content (AvgIpc) is 3.00. The molecule has 2 rings (SSSR count). The van der Waals surface area contributed by atoms with Crippen LogP contribution in [-0.4, -0.2) is 24.2 Å². The van der Waals surface area contributed by atoms with Crippen molar-refractivity contribution in [2.24, 2.45) is 5.73 Å². The standard InChI is InChI=1S/C15H17Cl2N3O3/c16-11-4-3-5-12(17)14(11)22-9-10-8-13(20-23-10)15(21)19-7-2-1-6-18/h3-5,8H,1-2,6-7,9,18H2,(H,19,21). The van der Waals surface area contributed by atoms with E-state index >= 15 is 0 Å². The number of nitrogens with two attached hydrogens (primary N) is 1. The van der Waals surface area contributed by atoms with E-state index in [1.54, 1.807) is 18.2 Å². The Hall–Kier alpha value is -1.76. The van der Waals surface area contributed by atoms with Gasteiger partial charge in [0.25, 0.3) is 5.91 Å². The number of para-hydroxylation sites is 1. The fourth-order valence-electron chi connectivity index (χ4n) is 1.81. The monoisotopic (exact) mass is 357 g/mol. The molecule has 1 amide bonds. The summed E-state index contributed by atoms with van der Waals surface area (Å²) in [6.45, 7) is 1.22. The Morgan fingerprint density at radius 1 is 1.30 bits per heavy atom. The highest BCUT2D eigenvalue weighted by molar-refractivity contribution is 6.37. The number of aromatic nitrogens is 1. The van der Waals surface area contributed by atoms with Gasteiger partial charge in [0.05, 0.1) is 10.0 Å². The van der Waals surface area contributed by atoms with Crippen LogP contribution in [0, 0.1) is 0 Å². The van der Waals surface area contributed by atoms with Crippen molar-refractivity contribution in [2.75, 3.05) is 13.1 Å². The SMILES string of the molecule is NCCCCNC(=O)c1cc(COc2c(Cl)cccc2Cl)on1. The molecule has 0 saturated carbocycles. The molecule has 0 unspecified atom stereocenters. The lowest BCUT2D eigenvalue weighted by Crippen LogP contribution is -2.25. The van der Waals surface area contributed by atoms with Crippen LogP contribution in [0.25, 0.3) is 0 Å². The van der Waals surface area contributed by atoms with Gasteiger partial charge in [-0.05, 0) is 31.5 Å². The van der Waals surface area contributed by atoms with Gasteiger partial charge >= 0.3 is 0 Å². The van der Waals surface area contributed by atoms with Gasteiger partial charge in [0.2, 0.25) is 0 Å². The summed E-state index contributed by atoms with van der Waals surface area (Å²) in [5.41, 5.74) is 5.59. The molecule has 0 fully saturated rings. The van der Waals surface area contributed by atoms with E-state index in [-0.39, 0.29) is 18.2 Å². The number of benzene rings is 1. The first-order valence-electron chi connectivity index (χ1n) is 7.12. The molecule has 3 N–H and O–H groups in total. The van der Waals surface area contributed by atoms with Crippen LogP contribution in [-0.2, 0) is 6.61 Å². The number of nitrogens with zero attached hydrogens (tertiary/aromatic N) is 1. The van der Waals surface area contributed by atoms with Crippen molar-refractivity contribution in [2.45, 2.75) is 19.4 Å². The highest BCUT2D eigenvalue weighted by atomic mass is 35.5. The highest BCUT2D eigenvalue weighted by Crippen LogP contribution is 2.32. The zero-order valence-corrected chi connectivity index (χ0v) is 13.9. The first kappa shape index (κ1) is 17.6. The van der Waals surface area contributed by atoms with Gasteiger partial charge in [0, 0.05) is 12.6 Å². The van der Waals surface area contributed by atoms with Crippen molar-refractivity contribution in [1.29, 1.82) is 0 Å². The normalized spacial score (nSPS) is 10.6. The molecule has 0 spiro atoms. The van der Waals surface area contributed by atoms with Crippen molar-refractivity contribution in [3.05, 3.63) is 45.8 Å². The van der Waals surface area contributed by atoms with E-state index in [1.165, 1.54) is 6.07 Å². The molecule has 0 radical (unpaired) electrons. The van der Waals surface area contributed by atoms with Crippen molar-refractivity contribution >= 4 is 29.1 Å². The largest absolute Gasteiger partial charge is 0.482 e. The van der Waals surface area contributed by atoms with Crippen LogP contribution in [0.15, 0.2) is 28.8 Å². The molecular weight excluding hydrogens is 341 g/mol. The molecule has 6 nitrogen and oxygen atoms in total. The lowest BCUT2D eigenvalue weighted by Gasteiger charge is -2.07. The lowest BCUT2D eigenvalue weighted by molar-refractivity contribution is 0.0943. The Balaban J connectivity index is 1.88. The second-order valence-electron chi connectivity index (χ2n) is 4.77. The summed E-state index contributed by atoms with van der Waals surface area (Å²) < 4.78 is 10.6. The molecule has 23 heavy (non-hydrogen) atoms. The average molecular weight is 358 g/mol. The first-order chi connectivity index (χ1) is 11.1. The van der Waals surface area contributed by atoms with Gasteiger partial charge in [-0.15, -0.1) is 0 Å². The number of nitrogens with one attached hydrogen (secondary N) is 1. The predicted octanol–water partition coefficient (Wildman–Crippen LogP) is 3.03. The molecule has 0 aliphatic carbocycles. The minimum absolute atomic E-state index is 0.0664. The fraction of sp³-hybridized carbons (Fsp3) is 0.333.